The number of hydrogen-bond donors (Lipinski definition) is 1. The van der Waals surface area contributed by atoms with Crippen LogP contribution >= 0.6 is 0 Å². The molecule has 1 amide bonds. The molecule has 104 valence electrons. The minimum absolute atomic E-state index is 0.267. The van der Waals surface area contributed by atoms with Crippen LogP contribution in [0.4, 0.5) is 0 Å². The van der Waals surface area contributed by atoms with Gasteiger partial charge >= 0.3 is 0 Å². The second kappa shape index (κ2) is 6.53. The predicted molar refractivity (Wildman–Crippen MR) is 73.5 cm³/mol. The van der Waals surface area contributed by atoms with Gasteiger partial charge in [-0.3, -0.25) is 9.69 Å². The van der Waals surface area contributed by atoms with Gasteiger partial charge in [-0.2, -0.15) is 0 Å². The Morgan fingerprint density at radius 2 is 1.94 bits per heavy atom. The average molecular weight is 253 g/mol. The van der Waals surface area contributed by atoms with Crippen LogP contribution in [0.25, 0.3) is 0 Å². The Bertz CT molecular complexity index is 274. The molecule has 2 fully saturated rings. The van der Waals surface area contributed by atoms with E-state index in [4.69, 9.17) is 0 Å². The average Bonchev–Trinajstić information content (AvgIpc) is 2.86. The quantitative estimate of drug-likeness (QED) is 0.814. The molecule has 18 heavy (non-hydrogen) atoms. The van der Waals surface area contributed by atoms with Gasteiger partial charge in [0.15, 0.2) is 0 Å². The Morgan fingerprint density at radius 1 is 1.22 bits per heavy atom. The molecule has 0 aliphatic carbocycles. The van der Waals surface area contributed by atoms with Crippen molar-refractivity contribution in [3.8, 4) is 0 Å². The lowest BCUT2D eigenvalue weighted by atomic mass is 10.1. The second-order valence-corrected chi connectivity index (χ2v) is 5.91. The normalized spacial score (nSPS) is 25.9. The van der Waals surface area contributed by atoms with Crippen LogP contribution in [0.3, 0.4) is 0 Å². The highest BCUT2D eigenvalue weighted by Crippen LogP contribution is 2.20. The van der Waals surface area contributed by atoms with Gasteiger partial charge < -0.3 is 10.2 Å². The Kier molecular flexibility index (Phi) is 5.01. The zero-order valence-electron chi connectivity index (χ0n) is 11.8. The van der Waals surface area contributed by atoms with E-state index < -0.39 is 0 Å². The van der Waals surface area contributed by atoms with E-state index in [1.165, 1.54) is 32.4 Å². The van der Waals surface area contributed by atoms with E-state index in [0.29, 0.717) is 18.6 Å². The van der Waals surface area contributed by atoms with Crippen molar-refractivity contribution in [1.82, 2.24) is 15.1 Å². The maximum atomic E-state index is 12.0. The summed E-state index contributed by atoms with van der Waals surface area (Å²) in [5, 5.41) is 3.21. The highest BCUT2D eigenvalue weighted by Gasteiger charge is 2.30. The van der Waals surface area contributed by atoms with Crippen LogP contribution in [0, 0.1) is 0 Å². The van der Waals surface area contributed by atoms with Crippen molar-refractivity contribution in [2.45, 2.75) is 51.6 Å². The summed E-state index contributed by atoms with van der Waals surface area (Å²) in [5.74, 6) is 0.267. The Labute approximate surface area is 111 Å². The van der Waals surface area contributed by atoms with E-state index in [1.54, 1.807) is 0 Å². The largest absolute Gasteiger partial charge is 0.340 e. The van der Waals surface area contributed by atoms with Crippen molar-refractivity contribution in [3.05, 3.63) is 0 Å². The fraction of sp³-hybridized carbons (Fsp3) is 0.929. The van der Waals surface area contributed by atoms with E-state index in [-0.39, 0.29) is 5.91 Å². The molecule has 2 heterocycles. The number of likely N-dealkylation sites (tertiary alicyclic amines) is 2. The van der Waals surface area contributed by atoms with Crippen molar-refractivity contribution in [1.29, 1.82) is 0 Å². The first-order valence-corrected chi connectivity index (χ1v) is 7.42. The summed E-state index contributed by atoms with van der Waals surface area (Å²) >= 11 is 0. The fourth-order valence-electron chi connectivity index (χ4n) is 2.95. The molecule has 0 saturated carbocycles. The molecule has 2 rings (SSSR count). The highest BCUT2D eigenvalue weighted by atomic mass is 16.2. The third-order valence-electron chi connectivity index (χ3n) is 4.08. The lowest BCUT2D eigenvalue weighted by Crippen LogP contribution is -2.43. The number of nitrogens with one attached hydrogen (secondary N) is 1. The molecule has 1 atom stereocenters. The molecule has 0 bridgehead atoms. The number of rotatable bonds is 4. The van der Waals surface area contributed by atoms with E-state index in [0.717, 1.165) is 19.5 Å². The van der Waals surface area contributed by atoms with Gasteiger partial charge in [0.05, 0.1) is 6.54 Å². The molecule has 0 aromatic carbocycles. The first-order chi connectivity index (χ1) is 8.66. The maximum absolute atomic E-state index is 12.0. The van der Waals surface area contributed by atoms with Crippen LogP contribution in [-0.4, -0.2) is 60.5 Å². The molecule has 1 unspecified atom stereocenters. The molecule has 0 spiro atoms. The summed E-state index contributed by atoms with van der Waals surface area (Å²) < 4.78 is 0. The van der Waals surface area contributed by atoms with Crippen LogP contribution in [0.15, 0.2) is 0 Å². The number of amides is 1. The number of carbonyl (C=O) groups excluding carboxylic acids is 1. The maximum Gasteiger partial charge on any atom is 0.236 e. The van der Waals surface area contributed by atoms with Gasteiger partial charge in [-0.1, -0.05) is 20.3 Å². The minimum Gasteiger partial charge on any atom is -0.340 e. The molecular weight excluding hydrogens is 226 g/mol. The Morgan fingerprint density at radius 3 is 2.61 bits per heavy atom. The van der Waals surface area contributed by atoms with Crippen molar-refractivity contribution in [3.63, 3.8) is 0 Å². The topological polar surface area (TPSA) is 35.6 Å². The van der Waals surface area contributed by atoms with Gasteiger partial charge in [0.1, 0.15) is 0 Å². The molecule has 2 aliphatic rings. The first kappa shape index (κ1) is 13.8. The summed E-state index contributed by atoms with van der Waals surface area (Å²) in [5.41, 5.74) is 0. The van der Waals surface area contributed by atoms with Crippen LogP contribution in [0.1, 0.15) is 39.5 Å². The summed E-state index contributed by atoms with van der Waals surface area (Å²) in [7, 11) is 0. The number of carbonyl (C=O) groups is 1. The van der Waals surface area contributed by atoms with Gasteiger partial charge in [-0.25, -0.2) is 0 Å². The summed E-state index contributed by atoms with van der Waals surface area (Å²) in [6, 6.07) is 1.00. The summed E-state index contributed by atoms with van der Waals surface area (Å²) in [6.07, 6.45) is 5.20. The van der Waals surface area contributed by atoms with Gasteiger partial charge in [0, 0.05) is 25.2 Å². The summed E-state index contributed by atoms with van der Waals surface area (Å²) in [6.45, 7) is 9.00. The van der Waals surface area contributed by atoms with Gasteiger partial charge in [0.2, 0.25) is 5.91 Å². The molecule has 2 aliphatic heterocycles. The van der Waals surface area contributed by atoms with Crippen LogP contribution < -0.4 is 5.32 Å². The lowest BCUT2D eigenvalue weighted by Gasteiger charge is -2.32. The lowest BCUT2D eigenvalue weighted by molar-refractivity contribution is -0.129. The molecular formula is C14H27N3O. The smallest absolute Gasteiger partial charge is 0.236 e. The molecule has 0 aromatic heterocycles. The number of nitrogens with zero attached hydrogens (tertiary/aromatic N) is 2. The van der Waals surface area contributed by atoms with Crippen LogP contribution in [0.2, 0.25) is 0 Å². The standard InChI is InChI=1S/C14H27N3O/c1-12(2)15-10-14(18)17-9-6-13(11-17)16-7-4-3-5-8-16/h12-13,15H,3-11H2,1-2H3. The zero-order valence-corrected chi connectivity index (χ0v) is 11.8. The third kappa shape index (κ3) is 3.69. The molecule has 1 N–H and O–H groups in total. The predicted octanol–water partition coefficient (Wildman–Crippen LogP) is 1.07. The molecule has 0 aromatic rings. The van der Waals surface area contributed by atoms with Crippen molar-refractivity contribution < 1.29 is 4.79 Å². The van der Waals surface area contributed by atoms with Crippen molar-refractivity contribution >= 4 is 5.91 Å². The first-order valence-electron chi connectivity index (χ1n) is 7.42. The van der Waals surface area contributed by atoms with E-state index in [9.17, 15) is 4.79 Å². The van der Waals surface area contributed by atoms with E-state index >= 15 is 0 Å². The highest BCUT2D eigenvalue weighted by molar-refractivity contribution is 5.78. The van der Waals surface area contributed by atoms with E-state index in [1.807, 2.05) is 4.90 Å². The summed E-state index contributed by atoms with van der Waals surface area (Å²) in [4.78, 5) is 16.6. The van der Waals surface area contributed by atoms with Gasteiger partial charge in [-0.05, 0) is 32.4 Å². The van der Waals surface area contributed by atoms with Crippen molar-refractivity contribution in [2.24, 2.45) is 0 Å². The number of hydrogen-bond acceptors (Lipinski definition) is 3. The van der Waals surface area contributed by atoms with Crippen LogP contribution in [0.5, 0.6) is 0 Å². The SMILES string of the molecule is CC(C)NCC(=O)N1CCC(N2CCCCC2)C1. The fourth-order valence-corrected chi connectivity index (χ4v) is 2.95. The Balaban J connectivity index is 1.75. The molecule has 2 saturated heterocycles. The van der Waals surface area contributed by atoms with Crippen molar-refractivity contribution in [2.75, 3.05) is 32.7 Å². The molecule has 4 heteroatoms. The monoisotopic (exact) mass is 253 g/mol. The Hall–Kier alpha value is -0.610. The third-order valence-corrected chi connectivity index (χ3v) is 4.08. The van der Waals surface area contributed by atoms with E-state index in [2.05, 4.69) is 24.1 Å². The van der Waals surface area contributed by atoms with Crippen LogP contribution in [-0.2, 0) is 4.79 Å². The zero-order chi connectivity index (χ0) is 13.0. The second-order valence-electron chi connectivity index (χ2n) is 5.91. The molecule has 0 radical (unpaired) electrons. The van der Waals surface area contributed by atoms with Gasteiger partial charge in [-0.15, -0.1) is 0 Å². The number of piperidine rings is 1. The minimum atomic E-state index is 0.267. The molecule has 4 nitrogen and oxygen atoms in total. The van der Waals surface area contributed by atoms with Gasteiger partial charge in [0.25, 0.3) is 0 Å².